The van der Waals surface area contributed by atoms with E-state index in [1.54, 1.807) is 12.1 Å². The smallest absolute Gasteiger partial charge is 0.236 e. The van der Waals surface area contributed by atoms with Gasteiger partial charge in [-0.2, -0.15) is 0 Å². The van der Waals surface area contributed by atoms with Crippen molar-refractivity contribution in [3.63, 3.8) is 0 Å². The number of rotatable bonds is 6. The molecule has 3 fully saturated rings. The van der Waals surface area contributed by atoms with Gasteiger partial charge in [-0.3, -0.25) is 24.6 Å². The Hall–Kier alpha value is -3.46. The molecule has 0 spiro atoms. The number of hydrogen-bond donors (Lipinski definition) is 1. The van der Waals surface area contributed by atoms with Crippen molar-refractivity contribution in [2.24, 2.45) is 0 Å². The van der Waals surface area contributed by atoms with Crippen molar-refractivity contribution in [2.45, 2.75) is 44.6 Å². The molecule has 0 radical (unpaired) electrons. The maximum absolute atomic E-state index is 15.0. The van der Waals surface area contributed by atoms with Crippen LogP contribution in [-0.4, -0.2) is 79.4 Å². The van der Waals surface area contributed by atoms with E-state index >= 15 is 4.39 Å². The van der Waals surface area contributed by atoms with Gasteiger partial charge in [0.2, 0.25) is 17.7 Å². The summed E-state index contributed by atoms with van der Waals surface area (Å²) in [5, 5.41) is 2.33. The lowest BCUT2D eigenvalue weighted by atomic mass is 9.90. The molecule has 9 heteroatoms. The van der Waals surface area contributed by atoms with E-state index in [0.29, 0.717) is 63.5 Å². The normalized spacial score (nSPS) is 21.4. The summed E-state index contributed by atoms with van der Waals surface area (Å²) in [6.45, 7) is 6.39. The van der Waals surface area contributed by atoms with E-state index in [0.717, 1.165) is 18.6 Å². The van der Waals surface area contributed by atoms with Crippen molar-refractivity contribution in [1.82, 2.24) is 15.1 Å². The van der Waals surface area contributed by atoms with Crippen LogP contribution in [0.25, 0.3) is 0 Å². The van der Waals surface area contributed by atoms with Gasteiger partial charge in [-0.05, 0) is 48.7 Å². The third-order valence-corrected chi connectivity index (χ3v) is 7.77. The molecule has 3 amide bonds. The Balaban J connectivity index is 1.07. The number of carbonyl (C=O) groups excluding carboxylic acids is 3. The van der Waals surface area contributed by atoms with E-state index in [-0.39, 0.29) is 36.1 Å². The highest BCUT2D eigenvalue weighted by atomic mass is 19.1. The van der Waals surface area contributed by atoms with Crippen LogP contribution in [-0.2, 0) is 14.4 Å². The summed E-state index contributed by atoms with van der Waals surface area (Å²) < 4.78 is 21.1. The molecule has 2 aromatic rings. The number of piperazine rings is 1. The van der Waals surface area contributed by atoms with Crippen LogP contribution < -0.4 is 15.0 Å². The first-order valence-electron chi connectivity index (χ1n) is 13.5. The zero-order valence-corrected chi connectivity index (χ0v) is 21.8. The van der Waals surface area contributed by atoms with Crippen molar-refractivity contribution in [3.8, 4) is 5.75 Å². The fourth-order valence-electron chi connectivity index (χ4n) is 5.55. The van der Waals surface area contributed by atoms with Gasteiger partial charge < -0.3 is 14.5 Å². The highest BCUT2D eigenvalue weighted by molar-refractivity contribution is 6.00. The number of nitrogens with one attached hydrogen (secondary N) is 1. The van der Waals surface area contributed by atoms with Crippen LogP contribution >= 0.6 is 0 Å². The zero-order chi connectivity index (χ0) is 26.6. The molecule has 0 bridgehead atoms. The summed E-state index contributed by atoms with van der Waals surface area (Å²) in [6, 6.07) is 13.0. The molecule has 5 rings (SSSR count). The van der Waals surface area contributed by atoms with Crippen LogP contribution in [0.5, 0.6) is 5.75 Å². The Bertz CT molecular complexity index is 1190. The molecule has 0 aromatic heterocycles. The number of anilines is 1. The predicted molar refractivity (Wildman–Crippen MR) is 142 cm³/mol. The van der Waals surface area contributed by atoms with E-state index in [9.17, 15) is 14.4 Å². The van der Waals surface area contributed by atoms with Crippen LogP contribution in [0.2, 0.25) is 0 Å². The maximum atomic E-state index is 15.0. The van der Waals surface area contributed by atoms with Gasteiger partial charge in [0.15, 0.2) is 0 Å². The number of aryl methyl sites for hydroxylation is 1. The van der Waals surface area contributed by atoms with E-state index in [1.807, 2.05) is 41.0 Å². The average molecular weight is 523 g/mol. The van der Waals surface area contributed by atoms with Crippen LogP contribution in [0, 0.1) is 12.7 Å². The van der Waals surface area contributed by atoms with Crippen molar-refractivity contribution >= 4 is 23.4 Å². The topological polar surface area (TPSA) is 82.2 Å². The number of benzene rings is 2. The summed E-state index contributed by atoms with van der Waals surface area (Å²) >= 11 is 0. The summed E-state index contributed by atoms with van der Waals surface area (Å²) in [5.74, 6) is -0.501. The molecule has 38 heavy (non-hydrogen) atoms. The van der Waals surface area contributed by atoms with Crippen LogP contribution in [0.3, 0.4) is 0 Å². The minimum absolute atomic E-state index is 0.126. The van der Waals surface area contributed by atoms with Gasteiger partial charge in [-0.15, -0.1) is 0 Å². The highest BCUT2D eigenvalue weighted by Crippen LogP contribution is 2.29. The molecule has 0 saturated carbocycles. The first-order chi connectivity index (χ1) is 18.4. The van der Waals surface area contributed by atoms with Gasteiger partial charge >= 0.3 is 0 Å². The molecule has 1 N–H and O–H groups in total. The molecular formula is C29H35FN4O4. The first-order valence-corrected chi connectivity index (χ1v) is 13.5. The van der Waals surface area contributed by atoms with Crippen LogP contribution in [0.15, 0.2) is 42.5 Å². The Labute approximate surface area is 222 Å². The lowest BCUT2D eigenvalue weighted by Gasteiger charge is -2.38. The summed E-state index contributed by atoms with van der Waals surface area (Å²) in [7, 11) is 0. The number of ether oxygens (including phenoxy) is 1. The molecule has 3 aliphatic rings. The van der Waals surface area contributed by atoms with E-state index in [1.165, 1.54) is 11.6 Å². The lowest BCUT2D eigenvalue weighted by molar-refractivity contribution is -0.135. The van der Waals surface area contributed by atoms with Crippen molar-refractivity contribution in [1.29, 1.82) is 0 Å². The Kier molecular flexibility index (Phi) is 7.93. The van der Waals surface area contributed by atoms with Crippen molar-refractivity contribution < 1.29 is 23.5 Å². The fourth-order valence-corrected chi connectivity index (χ4v) is 5.55. The molecule has 1 atom stereocenters. The molecule has 3 heterocycles. The third-order valence-electron chi connectivity index (χ3n) is 7.77. The van der Waals surface area contributed by atoms with Gasteiger partial charge in [0.1, 0.15) is 17.7 Å². The zero-order valence-electron chi connectivity index (χ0n) is 21.8. The molecule has 2 aromatic carbocycles. The summed E-state index contributed by atoms with van der Waals surface area (Å²) in [5.41, 5.74) is 2.26. The van der Waals surface area contributed by atoms with Crippen LogP contribution in [0.1, 0.15) is 42.7 Å². The average Bonchev–Trinajstić information content (AvgIpc) is 2.90. The molecule has 3 aliphatic heterocycles. The highest BCUT2D eigenvalue weighted by Gasteiger charge is 2.30. The SMILES string of the molecule is Cc1cccc(OC2CCN(C(=O)CN3CCN(c4ccc(C5CCC(=O)NC5=O)cc4F)CC3)CC2)c1. The number of carbonyl (C=O) groups is 3. The number of nitrogens with zero attached hydrogens (tertiary/aromatic N) is 3. The number of amides is 3. The lowest BCUT2D eigenvalue weighted by Crippen LogP contribution is -2.51. The fraction of sp³-hybridized carbons (Fsp3) is 0.483. The Morgan fingerprint density at radius 1 is 1.00 bits per heavy atom. The minimum Gasteiger partial charge on any atom is -0.490 e. The monoisotopic (exact) mass is 522 g/mol. The minimum atomic E-state index is -0.502. The second-order valence-electron chi connectivity index (χ2n) is 10.5. The van der Waals surface area contributed by atoms with E-state index in [2.05, 4.69) is 10.2 Å². The Morgan fingerprint density at radius 3 is 2.45 bits per heavy atom. The number of imide groups is 1. The molecular weight excluding hydrogens is 487 g/mol. The molecule has 3 saturated heterocycles. The van der Waals surface area contributed by atoms with Gasteiger partial charge in [0, 0.05) is 58.5 Å². The van der Waals surface area contributed by atoms with Crippen molar-refractivity contribution in [2.75, 3.05) is 50.7 Å². The molecule has 202 valence electrons. The number of hydrogen-bond acceptors (Lipinski definition) is 6. The third kappa shape index (κ3) is 6.15. The van der Waals surface area contributed by atoms with Gasteiger partial charge in [-0.1, -0.05) is 18.2 Å². The number of halogens is 1. The van der Waals surface area contributed by atoms with E-state index < -0.39 is 5.92 Å². The molecule has 1 unspecified atom stereocenters. The predicted octanol–water partition coefficient (Wildman–Crippen LogP) is 2.85. The number of likely N-dealkylation sites (tertiary alicyclic amines) is 1. The molecule has 0 aliphatic carbocycles. The standard InChI is InChI=1S/C29H35FN4O4/c1-20-3-2-4-23(17-20)38-22-9-11-34(12-10-22)28(36)19-32-13-15-33(16-14-32)26-7-5-21(18-25(26)30)24-6-8-27(35)31-29(24)37/h2-5,7,17-18,22,24H,6,8-16,19H2,1H3,(H,31,35,37). The Morgan fingerprint density at radius 2 is 1.76 bits per heavy atom. The first kappa shape index (κ1) is 26.2. The second-order valence-corrected chi connectivity index (χ2v) is 10.5. The summed E-state index contributed by atoms with van der Waals surface area (Å²) in [4.78, 5) is 42.5. The van der Waals surface area contributed by atoms with Crippen molar-refractivity contribution in [3.05, 3.63) is 59.4 Å². The molecule has 8 nitrogen and oxygen atoms in total. The van der Waals surface area contributed by atoms with Gasteiger partial charge in [0.25, 0.3) is 0 Å². The van der Waals surface area contributed by atoms with Gasteiger partial charge in [0.05, 0.1) is 18.2 Å². The van der Waals surface area contributed by atoms with Gasteiger partial charge in [-0.25, -0.2) is 4.39 Å². The van der Waals surface area contributed by atoms with Crippen LogP contribution in [0.4, 0.5) is 10.1 Å². The van der Waals surface area contributed by atoms with E-state index in [4.69, 9.17) is 4.74 Å². The number of piperidine rings is 2. The largest absolute Gasteiger partial charge is 0.490 e. The maximum Gasteiger partial charge on any atom is 0.236 e. The second kappa shape index (κ2) is 11.5. The quantitative estimate of drug-likeness (QED) is 0.588. The summed E-state index contributed by atoms with van der Waals surface area (Å²) in [6.07, 6.45) is 2.43.